The summed E-state index contributed by atoms with van der Waals surface area (Å²) in [5.74, 6) is 0. The van der Waals surface area contributed by atoms with Crippen LogP contribution in [-0.2, 0) is 14.2 Å². The summed E-state index contributed by atoms with van der Waals surface area (Å²) in [6.45, 7) is 2.62. The molecule has 0 aromatic carbocycles. The SMILES string of the molecule is COCCOCCOC.OC(C(F)(F)F)C(F)(F)F.OC(C(F)(F)F)C(F)(F)F.OC(C(F)(F)F)C(F)(F)F.OC(C(F)(F)F)C(F)(F)F.[Ce]. The summed E-state index contributed by atoms with van der Waals surface area (Å²) in [5.41, 5.74) is 0. The first-order valence-electron chi connectivity index (χ1n) is 10.8. The van der Waals surface area contributed by atoms with Gasteiger partial charge in [0.2, 0.25) is 24.4 Å². The number of aliphatic hydroxyl groups is 4. The predicted octanol–water partition coefficient (Wildman–Crippen LogP) is 6.18. The quantitative estimate of drug-likeness (QED) is 0.186. The van der Waals surface area contributed by atoms with Crippen molar-refractivity contribution in [1.82, 2.24) is 0 Å². The molecule has 0 amide bonds. The van der Waals surface area contributed by atoms with E-state index >= 15 is 0 Å². The third-order valence-corrected chi connectivity index (χ3v) is 3.34. The number of ether oxygens (including phenoxy) is 3. The maximum atomic E-state index is 11.0. The molecule has 7 nitrogen and oxygen atoms in total. The molecule has 0 saturated heterocycles. The Morgan fingerprint density at radius 1 is 0.320 bits per heavy atom. The smallest absolute Gasteiger partial charge is 0.382 e. The van der Waals surface area contributed by atoms with Crippen LogP contribution < -0.4 is 0 Å². The Kier molecular flexibility index (Phi) is 30.3. The Balaban J connectivity index is -0.000000120. The number of halogens is 24. The second-order valence-corrected chi connectivity index (χ2v) is 7.54. The van der Waals surface area contributed by atoms with Crippen LogP contribution in [0.1, 0.15) is 0 Å². The van der Waals surface area contributed by atoms with Crippen molar-refractivity contribution in [3.63, 3.8) is 0 Å². The minimum absolute atomic E-state index is 0. The summed E-state index contributed by atoms with van der Waals surface area (Å²) in [6.07, 6.45) is -62.0. The zero-order valence-electron chi connectivity index (χ0n) is 23.7. The average Bonchev–Trinajstić information content (AvgIpc) is 2.84. The van der Waals surface area contributed by atoms with Crippen LogP contribution in [0.4, 0.5) is 105 Å². The molecule has 0 heterocycles. The topological polar surface area (TPSA) is 109 Å². The monoisotopic (exact) mass is 946 g/mol. The second kappa shape index (κ2) is 24.7. The first-order valence-corrected chi connectivity index (χ1v) is 10.8. The fourth-order valence-corrected chi connectivity index (χ4v) is 1.13. The largest absolute Gasteiger partial charge is 0.423 e. The van der Waals surface area contributed by atoms with E-state index in [-0.39, 0.29) is 41.7 Å². The van der Waals surface area contributed by atoms with Crippen LogP contribution in [-0.4, -0.2) is 135 Å². The first kappa shape index (κ1) is 61.5. The van der Waals surface area contributed by atoms with E-state index in [2.05, 4.69) is 0 Å². The predicted molar refractivity (Wildman–Crippen MR) is 107 cm³/mol. The molecule has 4 N–H and O–H groups in total. The van der Waals surface area contributed by atoms with Crippen molar-refractivity contribution < 1.29 is 182 Å². The van der Waals surface area contributed by atoms with E-state index in [1.54, 1.807) is 14.2 Å². The molecule has 0 saturated carbocycles. The summed E-state index contributed by atoms with van der Waals surface area (Å²) in [5, 5.41) is 29.9. The Hall–Kier alpha value is -0.583. The van der Waals surface area contributed by atoms with Crippen LogP contribution >= 0.6 is 0 Å². The molecule has 0 rings (SSSR count). The van der Waals surface area contributed by atoms with Gasteiger partial charge in [-0.2, -0.15) is 105 Å². The molecule has 0 aliphatic heterocycles. The molecule has 0 radical (unpaired) electrons. The molecule has 0 aromatic heterocycles. The van der Waals surface area contributed by atoms with Crippen molar-refractivity contribution in [2.75, 3.05) is 40.6 Å². The van der Waals surface area contributed by atoms with Gasteiger partial charge in [-0.1, -0.05) is 0 Å². The zero-order valence-corrected chi connectivity index (χ0v) is 26.9. The van der Waals surface area contributed by atoms with Crippen LogP contribution in [0.25, 0.3) is 0 Å². The molecule has 0 aliphatic carbocycles. The van der Waals surface area contributed by atoms with E-state index < -0.39 is 73.8 Å². The Morgan fingerprint density at radius 3 is 0.500 bits per heavy atom. The summed E-state index contributed by atoms with van der Waals surface area (Å²) in [4.78, 5) is 0. The third-order valence-electron chi connectivity index (χ3n) is 3.34. The zero-order chi connectivity index (χ0) is 41.3. The van der Waals surface area contributed by atoms with Crippen molar-refractivity contribution in [1.29, 1.82) is 0 Å². The van der Waals surface area contributed by atoms with Gasteiger partial charge in [0, 0.05) is 56.0 Å². The molecular formula is C18H22CeF24O7. The van der Waals surface area contributed by atoms with Gasteiger partial charge in [0.25, 0.3) is 0 Å². The van der Waals surface area contributed by atoms with E-state index in [4.69, 9.17) is 34.6 Å². The molecule has 0 bridgehead atoms. The van der Waals surface area contributed by atoms with E-state index in [0.717, 1.165) is 0 Å². The van der Waals surface area contributed by atoms with Crippen molar-refractivity contribution in [2.24, 2.45) is 0 Å². The van der Waals surface area contributed by atoms with Gasteiger partial charge in [-0.3, -0.25) is 0 Å². The van der Waals surface area contributed by atoms with Gasteiger partial charge in [-0.25, -0.2) is 0 Å². The summed E-state index contributed by atoms with van der Waals surface area (Å²) in [7, 11) is 3.30. The molecule has 0 aliphatic rings. The van der Waals surface area contributed by atoms with Crippen LogP contribution in [0.15, 0.2) is 0 Å². The molecule has 308 valence electrons. The van der Waals surface area contributed by atoms with Crippen molar-refractivity contribution in [3.8, 4) is 0 Å². The van der Waals surface area contributed by atoms with E-state index in [9.17, 15) is 105 Å². The number of methoxy groups -OCH3 is 2. The number of rotatable bonds is 6. The van der Waals surface area contributed by atoms with Crippen molar-refractivity contribution >= 4 is 0 Å². The van der Waals surface area contributed by atoms with Gasteiger partial charge in [0.15, 0.2) is 0 Å². The van der Waals surface area contributed by atoms with E-state index in [1.165, 1.54) is 0 Å². The minimum Gasteiger partial charge on any atom is -0.382 e. The van der Waals surface area contributed by atoms with Crippen molar-refractivity contribution in [3.05, 3.63) is 0 Å². The normalized spacial score (nSPS) is 13.3. The third kappa shape index (κ3) is 35.8. The number of hydrogen-bond donors (Lipinski definition) is 4. The minimum atomic E-state index is -5.63. The maximum absolute atomic E-state index is 11.0. The molecule has 50 heavy (non-hydrogen) atoms. The first-order chi connectivity index (χ1) is 21.0. The fraction of sp³-hybridized carbons (Fsp3) is 1.00. The van der Waals surface area contributed by atoms with E-state index in [1.807, 2.05) is 0 Å². The molecule has 32 heteroatoms. The fourth-order valence-electron chi connectivity index (χ4n) is 1.13. The molecule has 0 fully saturated rings. The van der Waals surface area contributed by atoms with Gasteiger partial charge >= 0.3 is 49.4 Å². The summed E-state index contributed by atoms with van der Waals surface area (Å²) < 4.78 is 278. The molecule has 0 spiro atoms. The van der Waals surface area contributed by atoms with Crippen molar-refractivity contribution in [2.45, 2.75) is 73.8 Å². The standard InChI is InChI=1S/C6H14O3.4C3H2F6O.Ce/c1-7-3-5-9-6-4-8-2;4*4-2(5,6)1(10)3(7,8)9;/h3-6H2,1-2H3;4*1,10H;. The summed E-state index contributed by atoms with van der Waals surface area (Å²) >= 11 is 0. The van der Waals surface area contributed by atoms with Gasteiger partial charge in [-0.15, -0.1) is 0 Å². The Morgan fingerprint density at radius 2 is 0.440 bits per heavy atom. The van der Waals surface area contributed by atoms with Gasteiger partial charge < -0.3 is 34.6 Å². The van der Waals surface area contributed by atoms with Crippen LogP contribution in [0.3, 0.4) is 0 Å². The van der Waals surface area contributed by atoms with Gasteiger partial charge in [0.1, 0.15) is 0 Å². The number of alkyl halides is 24. The van der Waals surface area contributed by atoms with Gasteiger partial charge in [0.05, 0.1) is 26.4 Å². The molecule has 0 unspecified atom stereocenters. The van der Waals surface area contributed by atoms with Crippen LogP contribution in [0.5, 0.6) is 0 Å². The Bertz CT molecular complexity index is 632. The van der Waals surface area contributed by atoms with Crippen LogP contribution in [0, 0.1) is 41.7 Å². The van der Waals surface area contributed by atoms with Crippen LogP contribution in [0.2, 0.25) is 0 Å². The molecular weight excluding hydrogens is 924 g/mol. The maximum Gasteiger partial charge on any atom is 0.423 e. The average molecular weight is 946 g/mol. The Labute approximate surface area is 295 Å². The number of aliphatic hydroxyl groups excluding tert-OH is 4. The van der Waals surface area contributed by atoms with E-state index in [0.29, 0.717) is 26.4 Å². The second-order valence-electron chi connectivity index (χ2n) is 7.54. The summed E-state index contributed by atoms with van der Waals surface area (Å²) in [6, 6.07) is 0. The van der Waals surface area contributed by atoms with Gasteiger partial charge in [-0.05, 0) is 0 Å². The molecule has 0 atom stereocenters. The number of hydrogen-bond acceptors (Lipinski definition) is 7. The molecule has 0 aromatic rings.